The number of fused-ring (bicyclic) bond motifs is 3. The number of nitrogens with zero attached hydrogens (tertiary/aromatic N) is 12. The number of aromatic nitrogens is 9. The number of piperidine rings is 1. The summed E-state index contributed by atoms with van der Waals surface area (Å²) in [7, 11) is 5.56. The number of ether oxygens (including phenoxy) is 3. The Balaban J connectivity index is 0.591. The van der Waals surface area contributed by atoms with E-state index in [-0.39, 0.29) is 122 Å². The van der Waals surface area contributed by atoms with Gasteiger partial charge >= 0.3 is 24.0 Å². The Kier molecular flexibility index (Phi) is 33.4. The molecule has 3 aromatic carbocycles. The van der Waals surface area contributed by atoms with Crippen molar-refractivity contribution in [1.29, 1.82) is 0 Å². The van der Waals surface area contributed by atoms with Gasteiger partial charge < -0.3 is 103 Å². The molecule has 3 aliphatic heterocycles. The van der Waals surface area contributed by atoms with E-state index in [1.165, 1.54) is 29.1 Å². The number of carboxylic acids is 3. The average molecular weight is 1850 g/mol. The van der Waals surface area contributed by atoms with Crippen molar-refractivity contribution in [3.05, 3.63) is 118 Å². The second kappa shape index (κ2) is 45.5. The summed E-state index contributed by atoms with van der Waals surface area (Å²) >= 11 is 0. The van der Waals surface area contributed by atoms with Crippen molar-refractivity contribution in [2.45, 2.75) is 196 Å². The van der Waals surface area contributed by atoms with E-state index < -0.39 is 120 Å². The first-order valence-electron chi connectivity index (χ1n) is 43.0. The highest BCUT2D eigenvalue weighted by Crippen LogP contribution is 2.42. The fraction of sp³-hybridized carbons (Fsp3) is 0.477. The van der Waals surface area contributed by atoms with Crippen molar-refractivity contribution in [3.8, 4) is 28.8 Å². The van der Waals surface area contributed by atoms with Crippen LogP contribution in [0, 0.1) is 11.8 Å². The summed E-state index contributed by atoms with van der Waals surface area (Å²) in [6, 6.07) is 11.6. The van der Waals surface area contributed by atoms with Crippen LogP contribution in [0.15, 0.2) is 84.0 Å². The van der Waals surface area contributed by atoms with Gasteiger partial charge in [0, 0.05) is 104 Å². The van der Waals surface area contributed by atoms with E-state index >= 15 is 0 Å². The van der Waals surface area contributed by atoms with Crippen LogP contribution in [-0.4, -0.2) is 267 Å². The second-order valence-corrected chi connectivity index (χ2v) is 34.8. The van der Waals surface area contributed by atoms with Gasteiger partial charge in [0.1, 0.15) is 47.4 Å². The molecule has 2 aliphatic carbocycles. The summed E-state index contributed by atoms with van der Waals surface area (Å²) in [6.07, 6.45) is 9.79. The minimum absolute atomic E-state index is 0.00880. The van der Waals surface area contributed by atoms with Gasteiger partial charge in [-0.15, -0.1) is 5.10 Å². The SMILES string of the molecule is CC[C@@H]1C(=O)N(C)c2cnc(Nc3ccc(-c4cn(C5CCC(N(CCOCCC#Cc6cccc7c6CN(C6CCC(=O)NC6)C7=O)C(=O)OC(C)C(C)SSC[C@@H](NC(=O)CNC(=O)[C@@H](CC(=O)O)NC(=O)CNC(=O)[C@@H](CC(=O)O)NC(=O)CCCNC(=O)c6ccc(NCc7cnc8nc(N)[nH]c(=O)c8n7)cc6)C(=O)O)CC5)nn4)cc3OC)nc2N1C1CCCC1. The number of nitrogens with two attached hydrogens (primary N) is 1. The predicted molar refractivity (Wildman–Crippen MR) is 479 cm³/mol. The third kappa shape index (κ3) is 25.6. The molecule has 3 unspecified atom stereocenters. The van der Waals surface area contributed by atoms with Gasteiger partial charge in [0.2, 0.25) is 53.2 Å². The average Bonchev–Trinajstić information content (AvgIpc) is 1.76. The van der Waals surface area contributed by atoms with Crippen LogP contribution in [0.25, 0.3) is 22.4 Å². The van der Waals surface area contributed by atoms with Crippen LogP contribution in [0.4, 0.5) is 39.6 Å². The maximum absolute atomic E-state index is 14.5. The number of carbonyl (C=O) groups is 13. The fourth-order valence-corrected chi connectivity index (χ4v) is 18.5. The second-order valence-electron chi connectivity index (χ2n) is 32.1. The molecule has 45 heteroatoms. The van der Waals surface area contributed by atoms with Crippen LogP contribution in [0.2, 0.25) is 0 Å². The number of aromatic amines is 1. The number of benzene rings is 3. The van der Waals surface area contributed by atoms with Crippen LogP contribution in [-0.2, 0) is 70.5 Å². The van der Waals surface area contributed by atoms with E-state index in [0.717, 1.165) is 53.2 Å². The monoisotopic (exact) mass is 1840 g/mol. The summed E-state index contributed by atoms with van der Waals surface area (Å²) in [6.45, 7) is 5.07. The summed E-state index contributed by atoms with van der Waals surface area (Å²) < 4.78 is 20.0. The van der Waals surface area contributed by atoms with E-state index in [4.69, 9.17) is 24.9 Å². The Bertz CT molecular complexity index is 5520. The van der Waals surface area contributed by atoms with Gasteiger partial charge in [0.15, 0.2) is 17.0 Å². The van der Waals surface area contributed by atoms with Crippen LogP contribution >= 0.6 is 21.6 Å². The zero-order valence-corrected chi connectivity index (χ0v) is 74.3. The lowest BCUT2D eigenvalue weighted by Gasteiger charge is -2.43. The Labute approximate surface area is 759 Å². The van der Waals surface area contributed by atoms with Crippen LogP contribution < -0.4 is 73.7 Å². The Morgan fingerprint density at radius 2 is 1.49 bits per heavy atom. The van der Waals surface area contributed by atoms with Crippen molar-refractivity contribution in [2.75, 3.05) is 92.0 Å². The molecule has 7 atom stereocenters. The number of hydrogen-bond donors (Lipinski definition) is 14. The molecule has 10 amide bonds. The van der Waals surface area contributed by atoms with Gasteiger partial charge in [-0.25, -0.2) is 29.2 Å². The number of nitrogen functional groups attached to an aromatic ring is 1. The largest absolute Gasteiger partial charge is 0.495 e. The third-order valence-corrected chi connectivity index (χ3v) is 26.1. The zero-order chi connectivity index (χ0) is 93.5. The summed E-state index contributed by atoms with van der Waals surface area (Å²) in [5, 5.41) is 61.0. The van der Waals surface area contributed by atoms with E-state index in [9.17, 15) is 82.4 Å². The highest BCUT2D eigenvalue weighted by molar-refractivity contribution is 8.77. The number of carboxylic acid groups (broad SMARTS) is 3. The first-order chi connectivity index (χ1) is 63.0. The van der Waals surface area contributed by atoms with Crippen LogP contribution in [0.1, 0.15) is 167 Å². The number of nitrogens with one attached hydrogen (secondary N) is 10. The molecule has 2 saturated carbocycles. The first-order valence-corrected chi connectivity index (χ1v) is 45.4. The van der Waals surface area contributed by atoms with E-state index in [1.807, 2.05) is 42.1 Å². The number of methoxy groups -OCH3 is 1. The Hall–Kier alpha value is -13.8. The molecule has 0 spiro atoms. The fourth-order valence-electron chi connectivity index (χ4n) is 15.9. The number of carbonyl (C=O) groups excluding carboxylic acids is 10. The van der Waals surface area contributed by atoms with Gasteiger partial charge in [0.25, 0.3) is 17.4 Å². The molecule has 3 fully saturated rings. The maximum Gasteiger partial charge on any atom is 0.410 e. The van der Waals surface area contributed by atoms with Gasteiger partial charge in [0.05, 0.1) is 94.9 Å². The van der Waals surface area contributed by atoms with E-state index in [0.29, 0.717) is 116 Å². The van der Waals surface area contributed by atoms with Crippen LogP contribution in [0.3, 0.4) is 0 Å². The molecule has 1 saturated heterocycles. The lowest BCUT2D eigenvalue weighted by molar-refractivity contribution is -0.142. The number of anilines is 6. The normalized spacial score (nSPS) is 17.6. The smallest absolute Gasteiger partial charge is 0.410 e. The van der Waals surface area contributed by atoms with Crippen molar-refractivity contribution < 1.29 is 91.9 Å². The molecule has 7 aromatic rings. The molecule has 0 radical (unpaired) electrons. The molecule has 7 heterocycles. The molecule has 12 rings (SSSR count). The molecule has 131 heavy (non-hydrogen) atoms. The number of rotatable bonds is 42. The van der Waals surface area contributed by atoms with E-state index in [2.05, 4.69) is 99.8 Å². The van der Waals surface area contributed by atoms with Gasteiger partial charge in [-0.3, -0.25) is 62.5 Å². The summed E-state index contributed by atoms with van der Waals surface area (Å²) in [5.74, 6) is -2.78. The first kappa shape index (κ1) is 96.3. The van der Waals surface area contributed by atoms with E-state index in [1.54, 1.807) is 73.2 Å². The molecule has 43 nitrogen and oxygen atoms in total. The van der Waals surface area contributed by atoms with Crippen molar-refractivity contribution in [2.24, 2.45) is 0 Å². The molecular formula is C86H105N23O20S2. The van der Waals surface area contributed by atoms with Crippen molar-refractivity contribution in [1.82, 2.24) is 91.9 Å². The molecular weight excluding hydrogens is 1740 g/mol. The number of aliphatic carboxylic acids is 3. The highest BCUT2D eigenvalue weighted by atomic mass is 33.1. The highest BCUT2D eigenvalue weighted by Gasteiger charge is 2.43. The van der Waals surface area contributed by atoms with Crippen molar-refractivity contribution in [3.63, 3.8) is 0 Å². The molecule has 696 valence electrons. The number of H-pyrrole nitrogens is 1. The number of likely N-dealkylation sites (N-methyl/N-ethyl adjacent to an activating group) is 1. The molecule has 0 bridgehead atoms. The van der Waals surface area contributed by atoms with Gasteiger partial charge in [-0.1, -0.05) is 70.5 Å². The lowest BCUT2D eigenvalue weighted by Crippen LogP contribution is -2.55. The van der Waals surface area contributed by atoms with Gasteiger partial charge in [-0.05, 0) is 126 Å². The Morgan fingerprint density at radius 3 is 2.17 bits per heavy atom. The number of amides is 10. The summed E-state index contributed by atoms with van der Waals surface area (Å²) in [5.41, 5.74) is 11.2. The van der Waals surface area contributed by atoms with Gasteiger partial charge in [-0.2, -0.15) is 9.97 Å². The standard InChI is InChI=1S/C86H105N23O20S2/c1-6-65-82(123)105(4)66-41-94-85(101-76(66)109(65)56-15-7-8-16-56)99-60-29-21-51(35-67(60)127-5)63-45-108(104-103-63)55-26-24-54(25-27-55)106(32-34-128-33-10-9-13-49-14-11-17-58-59(49)44-107(81(58)122)57-28-30-68(110)90-40-57)86(126)129-47(2)48(3)131-130-46-64(83(124)125)98-71(113)43-93-79(120)62(37-73(116)117)97-70(112)42-92-78(119)61(36-72(114)115)96-69(111)18-12-31-88-77(118)50-19-22-52(23-20-50)89-38-53-39-91-75-74(95-53)80(121)102-84(87)100-75/h11,14,17,19-23,29,35,39,41,45,47-48,54-57,61-62,64-65,89H,6-8,10,12,15-16,18,24-28,30-34,36-38,40,42-44,46H2,1-5H3,(H,88,118)(H,90,110)(H,92,119)(H,93,120)(H,96,111)(H,97,112)(H,98,113)(H,114,115)(H,116,117)(H,124,125)(H,94,99,101)(H3,87,91,100,102,121)/t47?,48?,54?,55?,57?,61-,62-,64-,65-/m1/s1. The molecule has 4 aromatic heterocycles. The van der Waals surface area contributed by atoms with Crippen molar-refractivity contribution >= 4 is 145 Å². The molecule has 15 N–H and O–H groups in total. The summed E-state index contributed by atoms with van der Waals surface area (Å²) in [4.78, 5) is 212. The minimum Gasteiger partial charge on any atom is -0.495 e. The lowest BCUT2D eigenvalue weighted by atomic mass is 9.90. The predicted octanol–water partition coefficient (Wildman–Crippen LogP) is 3.92. The Morgan fingerprint density at radius 1 is 0.779 bits per heavy atom. The maximum atomic E-state index is 14.5. The minimum atomic E-state index is -1.86. The van der Waals surface area contributed by atoms with Crippen LogP contribution in [0.5, 0.6) is 5.75 Å². The zero-order valence-electron chi connectivity index (χ0n) is 72.7. The third-order valence-electron chi connectivity index (χ3n) is 23.0. The quantitative estimate of drug-likeness (QED) is 0.0146. The topological polar surface area (TPSA) is 586 Å². The number of hydrogen-bond acceptors (Lipinski definition) is 30. The molecule has 5 aliphatic rings.